The zero-order chi connectivity index (χ0) is 13.3. The number of nitrogens with zero attached hydrogens (tertiary/aromatic N) is 1. The molecule has 0 radical (unpaired) electrons. The maximum absolute atomic E-state index is 13.7. The number of carbonyl (C=O) groups is 1. The van der Waals surface area contributed by atoms with Crippen molar-refractivity contribution in [1.82, 2.24) is 9.97 Å². The van der Waals surface area contributed by atoms with E-state index >= 15 is 0 Å². The normalized spacial score (nSPS) is 10.3. The van der Waals surface area contributed by atoms with Crippen LogP contribution in [0.2, 0.25) is 0 Å². The van der Waals surface area contributed by atoms with Gasteiger partial charge in [-0.3, -0.25) is 0 Å². The van der Waals surface area contributed by atoms with Crippen molar-refractivity contribution in [2.24, 2.45) is 0 Å². The maximum atomic E-state index is 13.7. The summed E-state index contributed by atoms with van der Waals surface area (Å²) in [5.41, 5.74) is 0.0807. The zero-order valence-corrected chi connectivity index (χ0v) is 11.2. The summed E-state index contributed by atoms with van der Waals surface area (Å²) in [7, 11) is 0. The number of aromatic carboxylic acids is 1. The number of carboxylic acids is 1. The highest BCUT2D eigenvalue weighted by Gasteiger charge is 2.16. The Labute approximate surface area is 115 Å². The number of rotatable bonds is 2. The summed E-state index contributed by atoms with van der Waals surface area (Å²) in [6.45, 7) is 0. The van der Waals surface area contributed by atoms with Crippen molar-refractivity contribution in [3.05, 3.63) is 45.0 Å². The number of halogens is 2. The molecule has 0 spiro atoms. The first-order chi connectivity index (χ1) is 8.49. The van der Waals surface area contributed by atoms with Crippen molar-refractivity contribution in [1.29, 1.82) is 0 Å². The van der Waals surface area contributed by atoms with Crippen LogP contribution in [-0.2, 0) is 0 Å². The molecule has 0 bridgehead atoms. The Morgan fingerprint density at radius 3 is 2.89 bits per heavy atom. The summed E-state index contributed by atoms with van der Waals surface area (Å²) in [6, 6.07) is 4.24. The number of hydrogen-bond acceptors (Lipinski definition) is 3. The first-order valence-corrected chi connectivity index (χ1v) is 5.97. The van der Waals surface area contributed by atoms with E-state index < -0.39 is 11.8 Å². The van der Waals surface area contributed by atoms with E-state index in [0.717, 1.165) is 6.20 Å². The van der Waals surface area contributed by atoms with Gasteiger partial charge < -0.3 is 10.1 Å². The third kappa shape index (κ3) is 2.46. The molecule has 1 heterocycles. The van der Waals surface area contributed by atoms with E-state index in [1.165, 1.54) is 18.2 Å². The maximum Gasteiger partial charge on any atom is 0.339 e. The van der Waals surface area contributed by atoms with Crippen LogP contribution in [0.25, 0.3) is 11.3 Å². The Kier molecular flexibility index (Phi) is 3.53. The van der Waals surface area contributed by atoms with Crippen LogP contribution in [0, 0.1) is 10.6 Å². The molecule has 92 valence electrons. The van der Waals surface area contributed by atoms with Gasteiger partial charge in [0, 0.05) is 16.2 Å². The largest absolute Gasteiger partial charge is 0.478 e. The molecular formula is C11H6BrFN2O2S. The van der Waals surface area contributed by atoms with Crippen LogP contribution in [0.1, 0.15) is 10.4 Å². The third-order valence-electron chi connectivity index (χ3n) is 2.24. The predicted molar refractivity (Wildman–Crippen MR) is 69.5 cm³/mol. The second-order valence-corrected chi connectivity index (χ2v) is 4.71. The fraction of sp³-hybridized carbons (Fsp3) is 0. The number of benzene rings is 1. The van der Waals surface area contributed by atoms with Crippen LogP contribution in [0.15, 0.2) is 28.9 Å². The SMILES string of the molecule is O=C(O)c1cnc(=S)[nH]c1-c1cc(Br)ccc1F. The molecule has 0 aliphatic heterocycles. The Morgan fingerprint density at radius 2 is 2.22 bits per heavy atom. The molecular weight excluding hydrogens is 323 g/mol. The molecule has 2 aromatic rings. The molecule has 0 saturated carbocycles. The van der Waals surface area contributed by atoms with Crippen LogP contribution in [0.5, 0.6) is 0 Å². The van der Waals surface area contributed by atoms with Crippen molar-refractivity contribution < 1.29 is 14.3 Å². The van der Waals surface area contributed by atoms with Crippen molar-refractivity contribution in [3.8, 4) is 11.3 Å². The second-order valence-electron chi connectivity index (χ2n) is 3.41. The topological polar surface area (TPSA) is 66.0 Å². The Hall–Kier alpha value is -1.60. The second kappa shape index (κ2) is 4.95. The standard InChI is InChI=1S/C11H6BrFN2O2S/c12-5-1-2-8(13)6(3-5)9-7(10(16)17)4-14-11(18)15-9/h1-4H,(H,16,17)(H,14,15,18). The van der Waals surface area contributed by atoms with Gasteiger partial charge in [0.05, 0.1) is 5.69 Å². The Bertz CT molecular complexity index is 687. The van der Waals surface area contributed by atoms with Gasteiger partial charge in [0.15, 0.2) is 4.77 Å². The van der Waals surface area contributed by atoms with Gasteiger partial charge in [0.25, 0.3) is 0 Å². The molecule has 7 heteroatoms. The van der Waals surface area contributed by atoms with E-state index in [4.69, 9.17) is 17.3 Å². The fourth-order valence-electron chi connectivity index (χ4n) is 1.46. The zero-order valence-electron chi connectivity index (χ0n) is 8.78. The van der Waals surface area contributed by atoms with Crippen LogP contribution in [0.4, 0.5) is 4.39 Å². The van der Waals surface area contributed by atoms with E-state index in [9.17, 15) is 9.18 Å². The van der Waals surface area contributed by atoms with Gasteiger partial charge in [-0.25, -0.2) is 14.2 Å². The van der Waals surface area contributed by atoms with Gasteiger partial charge in [-0.1, -0.05) is 15.9 Å². The molecule has 2 N–H and O–H groups in total. The fourth-order valence-corrected chi connectivity index (χ4v) is 1.97. The summed E-state index contributed by atoms with van der Waals surface area (Å²) in [5.74, 6) is -1.75. The van der Waals surface area contributed by atoms with E-state index in [2.05, 4.69) is 25.9 Å². The van der Waals surface area contributed by atoms with Crippen molar-refractivity contribution >= 4 is 34.1 Å². The van der Waals surface area contributed by atoms with Crippen molar-refractivity contribution in [2.45, 2.75) is 0 Å². The van der Waals surface area contributed by atoms with E-state index in [-0.39, 0.29) is 21.6 Å². The van der Waals surface area contributed by atoms with Gasteiger partial charge in [-0.15, -0.1) is 0 Å². The lowest BCUT2D eigenvalue weighted by Crippen LogP contribution is -2.04. The van der Waals surface area contributed by atoms with Gasteiger partial charge in [-0.05, 0) is 30.4 Å². The lowest BCUT2D eigenvalue weighted by Gasteiger charge is -2.07. The number of hydrogen-bond donors (Lipinski definition) is 2. The third-order valence-corrected chi connectivity index (χ3v) is 2.94. The minimum absolute atomic E-state index is 0.0920. The van der Waals surface area contributed by atoms with E-state index in [1.807, 2.05) is 0 Å². The highest BCUT2D eigenvalue weighted by Crippen LogP contribution is 2.27. The monoisotopic (exact) mass is 328 g/mol. The molecule has 0 unspecified atom stereocenters. The summed E-state index contributed by atoms with van der Waals surface area (Å²) < 4.78 is 14.5. The first-order valence-electron chi connectivity index (χ1n) is 4.77. The molecule has 0 saturated heterocycles. The molecule has 0 aliphatic carbocycles. The number of aromatic nitrogens is 2. The van der Waals surface area contributed by atoms with E-state index in [1.54, 1.807) is 0 Å². The molecule has 18 heavy (non-hydrogen) atoms. The lowest BCUT2D eigenvalue weighted by molar-refractivity contribution is 0.0697. The summed E-state index contributed by atoms with van der Waals surface area (Å²) in [5, 5.41) is 9.05. The minimum atomic E-state index is -1.21. The number of carboxylic acid groups (broad SMARTS) is 1. The van der Waals surface area contributed by atoms with Crippen molar-refractivity contribution in [2.75, 3.05) is 0 Å². The molecule has 0 fully saturated rings. The average Bonchev–Trinajstić information content (AvgIpc) is 2.31. The number of nitrogens with one attached hydrogen (secondary N) is 1. The molecule has 1 aromatic carbocycles. The van der Waals surface area contributed by atoms with E-state index in [0.29, 0.717) is 4.47 Å². The summed E-state index contributed by atoms with van der Waals surface area (Å²) in [4.78, 5) is 17.4. The van der Waals surface area contributed by atoms with Gasteiger partial charge in [0.2, 0.25) is 0 Å². The van der Waals surface area contributed by atoms with Crippen LogP contribution in [0.3, 0.4) is 0 Å². The van der Waals surface area contributed by atoms with Crippen LogP contribution >= 0.6 is 28.1 Å². The van der Waals surface area contributed by atoms with Gasteiger partial charge in [-0.2, -0.15) is 0 Å². The van der Waals surface area contributed by atoms with Crippen LogP contribution < -0.4 is 0 Å². The molecule has 2 rings (SSSR count). The number of H-pyrrole nitrogens is 1. The lowest BCUT2D eigenvalue weighted by atomic mass is 10.1. The molecule has 1 aromatic heterocycles. The van der Waals surface area contributed by atoms with Crippen molar-refractivity contribution in [3.63, 3.8) is 0 Å². The summed E-state index contributed by atoms with van der Waals surface area (Å²) >= 11 is 8.03. The Morgan fingerprint density at radius 1 is 1.50 bits per heavy atom. The highest BCUT2D eigenvalue weighted by molar-refractivity contribution is 9.10. The quantitative estimate of drug-likeness (QED) is 0.829. The smallest absolute Gasteiger partial charge is 0.339 e. The van der Waals surface area contributed by atoms with Crippen LogP contribution in [-0.4, -0.2) is 21.0 Å². The molecule has 0 atom stereocenters. The average molecular weight is 329 g/mol. The minimum Gasteiger partial charge on any atom is -0.478 e. The molecule has 0 aliphatic rings. The molecule has 0 amide bonds. The number of aromatic amines is 1. The predicted octanol–water partition coefficient (Wildman–Crippen LogP) is 3.41. The first kappa shape index (κ1) is 12.8. The Balaban J connectivity index is 2.77. The summed E-state index contributed by atoms with van der Waals surface area (Å²) in [6.07, 6.45) is 1.11. The van der Waals surface area contributed by atoms with Gasteiger partial charge >= 0.3 is 5.97 Å². The highest BCUT2D eigenvalue weighted by atomic mass is 79.9. The van der Waals surface area contributed by atoms with Gasteiger partial charge in [0.1, 0.15) is 11.4 Å². The molecule has 4 nitrogen and oxygen atoms in total.